The summed E-state index contributed by atoms with van der Waals surface area (Å²) >= 11 is 0. The van der Waals surface area contributed by atoms with Gasteiger partial charge in [-0.2, -0.15) is 0 Å². The SMILES string of the molecule is OCCn1c(-c2ccncc2)nc2ccccc21. The minimum absolute atomic E-state index is 0.0957. The van der Waals surface area contributed by atoms with E-state index in [0.717, 1.165) is 22.4 Å². The Kier molecular flexibility index (Phi) is 2.78. The summed E-state index contributed by atoms with van der Waals surface area (Å²) in [6, 6.07) is 11.8. The van der Waals surface area contributed by atoms with Gasteiger partial charge in [-0.15, -0.1) is 0 Å². The van der Waals surface area contributed by atoms with E-state index in [9.17, 15) is 5.11 Å². The van der Waals surface area contributed by atoms with Crippen LogP contribution >= 0.6 is 0 Å². The van der Waals surface area contributed by atoms with Crippen molar-refractivity contribution in [1.82, 2.24) is 14.5 Å². The van der Waals surface area contributed by atoms with E-state index in [4.69, 9.17) is 0 Å². The van der Waals surface area contributed by atoms with Gasteiger partial charge in [0.05, 0.1) is 17.6 Å². The van der Waals surface area contributed by atoms with E-state index in [1.807, 2.05) is 41.0 Å². The van der Waals surface area contributed by atoms with Crippen LogP contribution in [0.4, 0.5) is 0 Å². The summed E-state index contributed by atoms with van der Waals surface area (Å²) in [6.45, 7) is 0.636. The standard InChI is InChI=1S/C14H13N3O/c18-10-9-17-13-4-2-1-3-12(13)16-14(17)11-5-7-15-8-6-11/h1-8,18H,9-10H2. The van der Waals surface area contributed by atoms with Gasteiger partial charge >= 0.3 is 0 Å². The highest BCUT2D eigenvalue weighted by molar-refractivity contribution is 5.80. The third kappa shape index (κ3) is 1.76. The summed E-state index contributed by atoms with van der Waals surface area (Å²) in [7, 11) is 0. The molecule has 0 unspecified atom stereocenters. The van der Waals surface area contributed by atoms with Crippen molar-refractivity contribution in [3.63, 3.8) is 0 Å². The molecule has 4 heteroatoms. The first-order valence-electron chi connectivity index (χ1n) is 5.86. The molecule has 0 saturated carbocycles. The molecule has 0 bridgehead atoms. The quantitative estimate of drug-likeness (QED) is 0.761. The zero-order chi connectivity index (χ0) is 12.4. The minimum atomic E-state index is 0.0957. The number of aromatic nitrogens is 3. The highest BCUT2D eigenvalue weighted by Crippen LogP contribution is 2.23. The summed E-state index contributed by atoms with van der Waals surface area (Å²) in [5.74, 6) is 0.868. The highest BCUT2D eigenvalue weighted by Gasteiger charge is 2.11. The predicted octanol–water partition coefficient (Wildman–Crippen LogP) is 2.09. The Bertz CT molecular complexity index is 661. The zero-order valence-electron chi connectivity index (χ0n) is 9.82. The van der Waals surface area contributed by atoms with E-state index < -0.39 is 0 Å². The van der Waals surface area contributed by atoms with Gasteiger partial charge in [-0.1, -0.05) is 12.1 Å². The third-order valence-corrected chi connectivity index (χ3v) is 2.92. The van der Waals surface area contributed by atoms with E-state index in [2.05, 4.69) is 9.97 Å². The van der Waals surface area contributed by atoms with Crippen LogP contribution < -0.4 is 0 Å². The number of imidazole rings is 1. The second-order valence-corrected chi connectivity index (χ2v) is 4.04. The number of benzene rings is 1. The molecule has 4 nitrogen and oxygen atoms in total. The van der Waals surface area contributed by atoms with Crippen molar-refractivity contribution in [3.05, 3.63) is 48.8 Å². The van der Waals surface area contributed by atoms with E-state index in [0.29, 0.717) is 6.54 Å². The molecule has 1 N–H and O–H groups in total. The monoisotopic (exact) mass is 239 g/mol. The molecule has 90 valence electrons. The molecule has 0 atom stereocenters. The molecule has 0 fully saturated rings. The van der Waals surface area contributed by atoms with Crippen molar-refractivity contribution in [2.24, 2.45) is 0 Å². The number of aliphatic hydroxyl groups is 1. The average molecular weight is 239 g/mol. The van der Waals surface area contributed by atoms with Crippen molar-refractivity contribution in [2.75, 3.05) is 6.61 Å². The van der Waals surface area contributed by atoms with E-state index in [1.165, 1.54) is 0 Å². The van der Waals surface area contributed by atoms with Crippen molar-refractivity contribution >= 4 is 11.0 Å². The smallest absolute Gasteiger partial charge is 0.141 e. The van der Waals surface area contributed by atoms with Crippen LogP contribution in [0.1, 0.15) is 0 Å². The minimum Gasteiger partial charge on any atom is -0.395 e. The van der Waals surface area contributed by atoms with Crippen LogP contribution in [0.5, 0.6) is 0 Å². The molecule has 0 spiro atoms. The van der Waals surface area contributed by atoms with Gasteiger partial charge in [-0.05, 0) is 24.3 Å². The molecule has 0 radical (unpaired) electrons. The predicted molar refractivity (Wildman–Crippen MR) is 70.0 cm³/mol. The van der Waals surface area contributed by atoms with Crippen molar-refractivity contribution in [3.8, 4) is 11.4 Å². The first-order chi connectivity index (χ1) is 8.90. The molecule has 0 aliphatic rings. The van der Waals surface area contributed by atoms with Crippen LogP contribution in [0.2, 0.25) is 0 Å². The zero-order valence-corrected chi connectivity index (χ0v) is 9.82. The van der Waals surface area contributed by atoms with E-state index in [1.54, 1.807) is 12.4 Å². The Morgan fingerprint density at radius 3 is 2.61 bits per heavy atom. The van der Waals surface area contributed by atoms with Gasteiger partial charge in [0.2, 0.25) is 0 Å². The van der Waals surface area contributed by atoms with Crippen LogP contribution in [0.3, 0.4) is 0 Å². The van der Waals surface area contributed by atoms with E-state index >= 15 is 0 Å². The number of para-hydroxylation sites is 2. The molecule has 0 aliphatic heterocycles. The first kappa shape index (κ1) is 10.9. The number of rotatable bonds is 3. The first-order valence-corrected chi connectivity index (χ1v) is 5.86. The van der Waals surface area contributed by atoms with Crippen molar-refractivity contribution < 1.29 is 5.11 Å². The fourth-order valence-corrected chi connectivity index (χ4v) is 2.12. The highest BCUT2D eigenvalue weighted by atomic mass is 16.3. The molecule has 1 aromatic carbocycles. The molecule has 3 aromatic rings. The second-order valence-electron chi connectivity index (χ2n) is 4.04. The summed E-state index contributed by atoms with van der Waals surface area (Å²) in [5, 5.41) is 9.21. The fraction of sp³-hybridized carbons (Fsp3) is 0.143. The lowest BCUT2D eigenvalue weighted by molar-refractivity contribution is 0.278. The maximum Gasteiger partial charge on any atom is 0.141 e. The van der Waals surface area contributed by atoms with Crippen LogP contribution in [0.25, 0.3) is 22.4 Å². The number of fused-ring (bicyclic) bond motifs is 1. The molecule has 18 heavy (non-hydrogen) atoms. The van der Waals surface area contributed by atoms with Crippen LogP contribution in [-0.2, 0) is 6.54 Å². The number of aliphatic hydroxyl groups excluding tert-OH is 1. The molecule has 3 rings (SSSR count). The molecular weight excluding hydrogens is 226 g/mol. The Labute approximate surface area is 105 Å². The third-order valence-electron chi connectivity index (χ3n) is 2.92. The van der Waals surface area contributed by atoms with Gasteiger partial charge in [0.1, 0.15) is 5.82 Å². The number of pyridine rings is 1. The Morgan fingerprint density at radius 1 is 1.06 bits per heavy atom. The van der Waals surface area contributed by atoms with Gasteiger partial charge in [0.25, 0.3) is 0 Å². The van der Waals surface area contributed by atoms with Gasteiger partial charge in [0.15, 0.2) is 0 Å². The van der Waals surface area contributed by atoms with Crippen LogP contribution in [-0.4, -0.2) is 26.2 Å². The Morgan fingerprint density at radius 2 is 1.83 bits per heavy atom. The molecular formula is C14H13N3O. The van der Waals surface area contributed by atoms with Gasteiger partial charge in [0, 0.05) is 24.5 Å². The van der Waals surface area contributed by atoms with Crippen LogP contribution in [0, 0.1) is 0 Å². The van der Waals surface area contributed by atoms with Gasteiger partial charge in [-0.3, -0.25) is 4.98 Å². The van der Waals surface area contributed by atoms with Crippen molar-refractivity contribution in [1.29, 1.82) is 0 Å². The Hall–Kier alpha value is -2.20. The summed E-state index contributed by atoms with van der Waals surface area (Å²) in [5.41, 5.74) is 2.99. The maximum absolute atomic E-state index is 9.21. The Balaban J connectivity index is 2.25. The molecule has 2 aromatic heterocycles. The lowest BCUT2D eigenvalue weighted by Gasteiger charge is -2.06. The second kappa shape index (κ2) is 4.58. The summed E-state index contributed by atoms with van der Waals surface area (Å²) < 4.78 is 2.03. The molecule has 0 aliphatic carbocycles. The molecule has 2 heterocycles. The maximum atomic E-state index is 9.21. The summed E-state index contributed by atoms with van der Waals surface area (Å²) in [6.07, 6.45) is 3.50. The lowest BCUT2D eigenvalue weighted by atomic mass is 10.2. The summed E-state index contributed by atoms with van der Waals surface area (Å²) in [4.78, 5) is 8.64. The average Bonchev–Trinajstić information content (AvgIpc) is 2.80. The molecule has 0 saturated heterocycles. The molecule has 0 amide bonds. The lowest BCUT2D eigenvalue weighted by Crippen LogP contribution is -2.04. The fourth-order valence-electron chi connectivity index (χ4n) is 2.12. The number of hydrogen-bond donors (Lipinski definition) is 1. The van der Waals surface area contributed by atoms with Gasteiger partial charge in [-0.25, -0.2) is 4.98 Å². The largest absolute Gasteiger partial charge is 0.395 e. The topological polar surface area (TPSA) is 50.9 Å². The van der Waals surface area contributed by atoms with Gasteiger partial charge < -0.3 is 9.67 Å². The number of nitrogens with zero attached hydrogens (tertiary/aromatic N) is 3. The normalized spacial score (nSPS) is 10.9. The van der Waals surface area contributed by atoms with Crippen LogP contribution in [0.15, 0.2) is 48.8 Å². The van der Waals surface area contributed by atoms with Crippen molar-refractivity contribution in [2.45, 2.75) is 6.54 Å². The number of hydrogen-bond acceptors (Lipinski definition) is 3. The van der Waals surface area contributed by atoms with E-state index in [-0.39, 0.29) is 6.61 Å².